The van der Waals surface area contributed by atoms with Crippen LogP contribution in [0.1, 0.15) is 31.4 Å². The lowest BCUT2D eigenvalue weighted by molar-refractivity contribution is 0.234. The van der Waals surface area contributed by atoms with Gasteiger partial charge in [0.2, 0.25) is 0 Å². The fraction of sp³-hybridized carbons (Fsp3) is 0.385. The van der Waals surface area contributed by atoms with E-state index in [1.807, 2.05) is 18.2 Å². The maximum absolute atomic E-state index is 9.36. The normalized spacial score (nSPS) is 17.7. The molecule has 2 heteroatoms. The Bertz CT molecular complexity index is 405. The average Bonchev–Trinajstić information content (AvgIpc) is 2.17. The molecule has 0 fully saturated rings. The summed E-state index contributed by atoms with van der Waals surface area (Å²) >= 11 is 0. The monoisotopic (exact) mass is 204 g/mol. The lowest BCUT2D eigenvalue weighted by Gasteiger charge is -2.32. The molecule has 0 amide bonds. The first-order chi connectivity index (χ1) is 7.00. The van der Waals surface area contributed by atoms with E-state index in [1.54, 1.807) is 0 Å². The topological polar surface area (TPSA) is 29.5 Å². The van der Waals surface area contributed by atoms with Gasteiger partial charge in [0.1, 0.15) is 11.5 Å². The molecule has 0 unspecified atom stereocenters. The summed E-state index contributed by atoms with van der Waals surface area (Å²) in [4.78, 5) is 0. The van der Waals surface area contributed by atoms with E-state index in [4.69, 9.17) is 4.74 Å². The van der Waals surface area contributed by atoms with E-state index in [9.17, 15) is 5.11 Å². The van der Waals surface area contributed by atoms with Gasteiger partial charge in [-0.25, -0.2) is 0 Å². The molecule has 1 aliphatic rings. The predicted molar refractivity (Wildman–Crippen MR) is 61.2 cm³/mol. The van der Waals surface area contributed by atoms with Crippen LogP contribution in [0.4, 0.5) is 0 Å². The summed E-state index contributed by atoms with van der Waals surface area (Å²) in [5.74, 6) is 1.04. The Hall–Kier alpha value is -1.44. The summed E-state index contributed by atoms with van der Waals surface area (Å²) in [6, 6.07) is 5.71. The molecule has 1 aromatic rings. The summed E-state index contributed by atoms with van der Waals surface area (Å²) in [7, 11) is 0. The zero-order chi connectivity index (χ0) is 11.1. The van der Waals surface area contributed by atoms with E-state index < -0.39 is 0 Å². The molecule has 80 valence electrons. The number of hydrogen-bond donors (Lipinski definition) is 1. The second-order valence-electron chi connectivity index (χ2n) is 4.64. The van der Waals surface area contributed by atoms with Crippen molar-refractivity contribution in [1.82, 2.24) is 0 Å². The van der Waals surface area contributed by atoms with Crippen molar-refractivity contribution in [3.05, 3.63) is 35.9 Å². The minimum absolute atomic E-state index is 0.110. The number of hydrogen-bond acceptors (Lipinski definition) is 2. The van der Waals surface area contributed by atoms with Gasteiger partial charge in [0, 0.05) is 11.1 Å². The first-order valence-electron chi connectivity index (χ1n) is 5.16. The van der Waals surface area contributed by atoms with Crippen LogP contribution in [0.5, 0.6) is 5.75 Å². The Morgan fingerprint density at radius 1 is 1.47 bits per heavy atom. The maximum Gasteiger partial charge on any atom is 0.123 e. The molecule has 1 aromatic carbocycles. The molecule has 2 nitrogen and oxygen atoms in total. The summed E-state index contributed by atoms with van der Waals surface area (Å²) < 4.78 is 5.58. The summed E-state index contributed by atoms with van der Waals surface area (Å²) in [5.41, 5.74) is 2.03. The molecular formula is C13H16O2. The molecule has 1 heterocycles. The number of fused-ring (bicyclic) bond motifs is 1. The van der Waals surface area contributed by atoms with Crippen molar-refractivity contribution in [2.24, 2.45) is 0 Å². The third-order valence-electron chi connectivity index (χ3n) is 3.03. The van der Waals surface area contributed by atoms with Crippen LogP contribution in [-0.4, -0.2) is 11.7 Å². The molecule has 0 spiro atoms. The Morgan fingerprint density at radius 3 is 2.87 bits per heavy atom. The summed E-state index contributed by atoms with van der Waals surface area (Å²) in [5, 5.41) is 9.36. The highest BCUT2D eigenvalue weighted by molar-refractivity contribution is 5.60. The van der Waals surface area contributed by atoms with Crippen LogP contribution in [0.25, 0.3) is 5.76 Å². The van der Waals surface area contributed by atoms with E-state index in [1.165, 1.54) is 0 Å². The zero-order valence-electron chi connectivity index (χ0n) is 9.21. The van der Waals surface area contributed by atoms with Crippen molar-refractivity contribution in [3.63, 3.8) is 0 Å². The minimum atomic E-state index is 0.110. The fourth-order valence-electron chi connectivity index (χ4n) is 1.92. The number of rotatable bonds is 1. The SMILES string of the molecule is C=C(O)c1ccc2c(c1)C(C)(C)CCO2. The average molecular weight is 204 g/mol. The van der Waals surface area contributed by atoms with Gasteiger partial charge in [0.15, 0.2) is 0 Å². The molecular weight excluding hydrogens is 188 g/mol. The quantitative estimate of drug-likeness (QED) is 0.711. The predicted octanol–water partition coefficient (Wildman–Crippen LogP) is 3.28. The molecule has 0 aromatic heterocycles. The number of aliphatic hydroxyl groups is 1. The van der Waals surface area contributed by atoms with Crippen LogP contribution in [0.15, 0.2) is 24.8 Å². The van der Waals surface area contributed by atoms with Crippen molar-refractivity contribution < 1.29 is 9.84 Å². The second kappa shape index (κ2) is 3.30. The van der Waals surface area contributed by atoms with Gasteiger partial charge in [-0.1, -0.05) is 20.4 Å². The van der Waals surface area contributed by atoms with Gasteiger partial charge in [-0.05, 0) is 30.0 Å². The third-order valence-corrected chi connectivity index (χ3v) is 3.03. The first-order valence-corrected chi connectivity index (χ1v) is 5.16. The van der Waals surface area contributed by atoms with Crippen LogP contribution in [0.2, 0.25) is 0 Å². The minimum Gasteiger partial charge on any atom is -0.508 e. The van der Waals surface area contributed by atoms with Gasteiger partial charge in [-0.15, -0.1) is 0 Å². The highest BCUT2D eigenvalue weighted by Crippen LogP contribution is 2.39. The molecule has 0 saturated carbocycles. The molecule has 2 rings (SSSR count). The standard InChI is InChI=1S/C13H16O2/c1-9(14)10-4-5-12-11(8-10)13(2,3)6-7-15-12/h4-5,8,14H,1,6-7H2,2-3H3. The van der Waals surface area contributed by atoms with Gasteiger partial charge < -0.3 is 9.84 Å². The Labute approximate surface area is 90.2 Å². The highest BCUT2D eigenvalue weighted by Gasteiger charge is 2.28. The van der Waals surface area contributed by atoms with Crippen LogP contribution < -0.4 is 4.74 Å². The van der Waals surface area contributed by atoms with Crippen LogP contribution >= 0.6 is 0 Å². The molecule has 0 saturated heterocycles. The Kier molecular flexibility index (Phi) is 2.22. The molecule has 0 atom stereocenters. The van der Waals surface area contributed by atoms with Crippen LogP contribution in [0.3, 0.4) is 0 Å². The van der Waals surface area contributed by atoms with Crippen molar-refractivity contribution >= 4 is 5.76 Å². The van der Waals surface area contributed by atoms with Gasteiger partial charge in [0.05, 0.1) is 6.61 Å². The van der Waals surface area contributed by atoms with Crippen molar-refractivity contribution in [1.29, 1.82) is 0 Å². The molecule has 1 N–H and O–H groups in total. The first kappa shape index (κ1) is 10.1. The summed E-state index contributed by atoms with van der Waals surface area (Å²) in [6.45, 7) is 8.69. The van der Waals surface area contributed by atoms with Gasteiger partial charge >= 0.3 is 0 Å². The lowest BCUT2D eigenvalue weighted by Crippen LogP contribution is -2.26. The van der Waals surface area contributed by atoms with Crippen LogP contribution in [-0.2, 0) is 5.41 Å². The largest absolute Gasteiger partial charge is 0.508 e. The van der Waals surface area contributed by atoms with Gasteiger partial charge in [0.25, 0.3) is 0 Å². The molecule has 1 aliphatic heterocycles. The molecule has 0 bridgehead atoms. The Morgan fingerprint density at radius 2 is 2.20 bits per heavy atom. The van der Waals surface area contributed by atoms with Gasteiger partial charge in [-0.3, -0.25) is 0 Å². The van der Waals surface area contributed by atoms with Crippen LogP contribution in [0, 0.1) is 0 Å². The van der Waals surface area contributed by atoms with Crippen molar-refractivity contribution in [3.8, 4) is 5.75 Å². The highest BCUT2D eigenvalue weighted by atomic mass is 16.5. The van der Waals surface area contributed by atoms with Gasteiger partial charge in [-0.2, -0.15) is 0 Å². The van der Waals surface area contributed by atoms with Crippen molar-refractivity contribution in [2.45, 2.75) is 25.7 Å². The molecule has 0 aliphatic carbocycles. The van der Waals surface area contributed by atoms with E-state index >= 15 is 0 Å². The number of ether oxygens (including phenoxy) is 1. The maximum atomic E-state index is 9.36. The number of aliphatic hydroxyl groups excluding tert-OH is 1. The third kappa shape index (κ3) is 1.72. The number of benzene rings is 1. The zero-order valence-corrected chi connectivity index (χ0v) is 9.21. The molecule has 15 heavy (non-hydrogen) atoms. The Balaban J connectivity index is 2.53. The summed E-state index contributed by atoms with van der Waals surface area (Å²) in [6.07, 6.45) is 1.00. The van der Waals surface area contributed by atoms with E-state index in [-0.39, 0.29) is 11.2 Å². The second-order valence-corrected chi connectivity index (χ2v) is 4.64. The lowest BCUT2D eigenvalue weighted by atomic mass is 9.79. The van der Waals surface area contributed by atoms with Crippen molar-refractivity contribution in [2.75, 3.05) is 6.61 Å². The van der Waals surface area contributed by atoms with E-state index in [0.29, 0.717) is 0 Å². The fourth-order valence-corrected chi connectivity index (χ4v) is 1.92. The van der Waals surface area contributed by atoms with E-state index in [2.05, 4.69) is 20.4 Å². The smallest absolute Gasteiger partial charge is 0.123 e. The van der Waals surface area contributed by atoms with E-state index in [0.717, 1.165) is 29.9 Å². The molecule has 0 radical (unpaired) electrons.